The number of unbranched alkanes of at least 4 members (excludes halogenated alkanes) is 1. The molecule has 2 nitrogen and oxygen atoms in total. The fourth-order valence-corrected chi connectivity index (χ4v) is 2.87. The normalized spacial score (nSPS) is 12.4. The zero-order valence-corrected chi connectivity index (χ0v) is 15.3. The molecular weight excluding hydrogens is 294 g/mol. The van der Waals surface area contributed by atoms with Crippen molar-refractivity contribution in [3.05, 3.63) is 65.2 Å². The van der Waals surface area contributed by atoms with Crippen molar-refractivity contribution in [1.29, 1.82) is 0 Å². The number of nitrogens with two attached hydrogens (primary N) is 1. The van der Waals surface area contributed by atoms with Crippen LogP contribution in [0.4, 0.5) is 0 Å². The quantitative estimate of drug-likeness (QED) is 0.637. The number of hydrogen-bond acceptors (Lipinski definition) is 2. The lowest BCUT2D eigenvalue weighted by Gasteiger charge is -2.17. The standard InChI is InChI=1S/C22H31NO/c1-4-5-13-24-22-8-6-7-18(15-22)14-21(16-23)20-11-9-19(10-12-20)17(2)3/h6-12,15,17,21H,4-5,13-14,16,23H2,1-3H3. The molecule has 2 N–H and O–H groups in total. The zero-order chi connectivity index (χ0) is 17.4. The third-order valence-corrected chi connectivity index (χ3v) is 4.51. The molecule has 130 valence electrons. The van der Waals surface area contributed by atoms with Gasteiger partial charge >= 0.3 is 0 Å². The van der Waals surface area contributed by atoms with Crippen molar-refractivity contribution in [3.8, 4) is 5.75 Å². The summed E-state index contributed by atoms with van der Waals surface area (Å²) in [7, 11) is 0. The highest BCUT2D eigenvalue weighted by Gasteiger charge is 2.12. The molecule has 24 heavy (non-hydrogen) atoms. The van der Waals surface area contributed by atoms with Gasteiger partial charge in [-0.2, -0.15) is 0 Å². The Morgan fingerprint density at radius 2 is 1.71 bits per heavy atom. The van der Waals surface area contributed by atoms with Crippen LogP contribution in [0.3, 0.4) is 0 Å². The molecule has 0 spiro atoms. The molecule has 0 amide bonds. The molecule has 1 atom stereocenters. The van der Waals surface area contributed by atoms with Crippen LogP contribution in [0.5, 0.6) is 5.75 Å². The summed E-state index contributed by atoms with van der Waals surface area (Å²) in [6.07, 6.45) is 3.20. The summed E-state index contributed by atoms with van der Waals surface area (Å²) < 4.78 is 5.82. The van der Waals surface area contributed by atoms with Crippen molar-refractivity contribution in [2.24, 2.45) is 5.73 Å². The van der Waals surface area contributed by atoms with Gasteiger partial charge in [-0.3, -0.25) is 0 Å². The van der Waals surface area contributed by atoms with E-state index in [1.165, 1.54) is 16.7 Å². The topological polar surface area (TPSA) is 35.2 Å². The van der Waals surface area contributed by atoms with Crippen LogP contribution >= 0.6 is 0 Å². The average molecular weight is 325 g/mol. The van der Waals surface area contributed by atoms with Crippen LogP contribution in [-0.4, -0.2) is 13.2 Å². The van der Waals surface area contributed by atoms with E-state index in [4.69, 9.17) is 10.5 Å². The van der Waals surface area contributed by atoms with Crippen molar-refractivity contribution in [3.63, 3.8) is 0 Å². The fourth-order valence-electron chi connectivity index (χ4n) is 2.87. The van der Waals surface area contributed by atoms with Crippen molar-refractivity contribution in [2.45, 2.75) is 51.9 Å². The van der Waals surface area contributed by atoms with Crippen LogP contribution in [0.25, 0.3) is 0 Å². The second kappa shape index (κ2) is 9.48. The van der Waals surface area contributed by atoms with Gasteiger partial charge in [0.25, 0.3) is 0 Å². The summed E-state index contributed by atoms with van der Waals surface area (Å²) in [5.74, 6) is 1.87. The molecule has 0 heterocycles. The maximum Gasteiger partial charge on any atom is 0.119 e. The lowest BCUT2D eigenvalue weighted by molar-refractivity contribution is 0.309. The Morgan fingerprint density at radius 3 is 2.33 bits per heavy atom. The molecule has 0 aliphatic rings. The number of rotatable bonds is 9. The monoisotopic (exact) mass is 325 g/mol. The Morgan fingerprint density at radius 1 is 1.00 bits per heavy atom. The first kappa shape index (κ1) is 18.5. The minimum Gasteiger partial charge on any atom is -0.494 e. The van der Waals surface area contributed by atoms with E-state index in [9.17, 15) is 0 Å². The summed E-state index contributed by atoms with van der Waals surface area (Å²) in [5.41, 5.74) is 10.0. The molecule has 1 unspecified atom stereocenters. The van der Waals surface area contributed by atoms with E-state index >= 15 is 0 Å². The van der Waals surface area contributed by atoms with Crippen LogP contribution in [0.15, 0.2) is 48.5 Å². The molecule has 2 aromatic rings. The average Bonchev–Trinajstić information content (AvgIpc) is 2.60. The van der Waals surface area contributed by atoms with Crippen LogP contribution in [0.1, 0.15) is 62.1 Å². The molecule has 0 aliphatic carbocycles. The van der Waals surface area contributed by atoms with E-state index in [1.807, 2.05) is 6.07 Å². The second-order valence-electron chi connectivity index (χ2n) is 6.81. The highest BCUT2D eigenvalue weighted by molar-refractivity contribution is 5.32. The van der Waals surface area contributed by atoms with Crippen LogP contribution in [-0.2, 0) is 6.42 Å². The SMILES string of the molecule is CCCCOc1cccc(CC(CN)c2ccc(C(C)C)cc2)c1. The van der Waals surface area contributed by atoms with E-state index in [-0.39, 0.29) is 0 Å². The van der Waals surface area contributed by atoms with E-state index in [0.29, 0.717) is 18.4 Å². The first-order valence-electron chi connectivity index (χ1n) is 9.15. The maximum atomic E-state index is 6.06. The minimum atomic E-state index is 0.345. The fraction of sp³-hybridized carbons (Fsp3) is 0.455. The molecule has 0 bridgehead atoms. The van der Waals surface area contributed by atoms with Crippen molar-refractivity contribution >= 4 is 0 Å². The van der Waals surface area contributed by atoms with Gasteiger partial charge in [-0.25, -0.2) is 0 Å². The number of benzene rings is 2. The molecule has 0 aromatic heterocycles. The van der Waals surface area contributed by atoms with Crippen molar-refractivity contribution < 1.29 is 4.74 Å². The second-order valence-corrected chi connectivity index (χ2v) is 6.81. The summed E-state index contributed by atoms with van der Waals surface area (Å²) in [6, 6.07) is 17.3. The van der Waals surface area contributed by atoms with Crippen molar-refractivity contribution in [1.82, 2.24) is 0 Å². The number of ether oxygens (including phenoxy) is 1. The first-order valence-corrected chi connectivity index (χ1v) is 9.15. The smallest absolute Gasteiger partial charge is 0.119 e. The van der Waals surface area contributed by atoms with E-state index < -0.39 is 0 Å². The van der Waals surface area contributed by atoms with Crippen LogP contribution in [0, 0.1) is 0 Å². The zero-order valence-electron chi connectivity index (χ0n) is 15.3. The molecule has 0 fully saturated rings. The lowest BCUT2D eigenvalue weighted by Crippen LogP contribution is -2.15. The van der Waals surface area contributed by atoms with Gasteiger partial charge in [0.05, 0.1) is 6.61 Å². The first-order chi connectivity index (χ1) is 11.6. The van der Waals surface area contributed by atoms with E-state index in [2.05, 4.69) is 63.2 Å². The largest absolute Gasteiger partial charge is 0.494 e. The van der Waals surface area contributed by atoms with Crippen LogP contribution < -0.4 is 10.5 Å². The highest BCUT2D eigenvalue weighted by atomic mass is 16.5. The van der Waals surface area contributed by atoms with E-state index in [1.54, 1.807) is 0 Å². The van der Waals surface area contributed by atoms with Gasteiger partial charge in [0, 0.05) is 5.92 Å². The van der Waals surface area contributed by atoms with Gasteiger partial charge in [-0.15, -0.1) is 0 Å². The summed E-state index contributed by atoms with van der Waals surface area (Å²) >= 11 is 0. The van der Waals surface area contributed by atoms with Crippen LogP contribution in [0.2, 0.25) is 0 Å². The molecule has 0 aliphatic heterocycles. The Balaban J connectivity index is 2.05. The molecule has 2 aromatic carbocycles. The van der Waals surface area contributed by atoms with Gasteiger partial charge < -0.3 is 10.5 Å². The van der Waals surface area contributed by atoms with E-state index in [0.717, 1.165) is 31.6 Å². The van der Waals surface area contributed by atoms with Crippen molar-refractivity contribution in [2.75, 3.05) is 13.2 Å². The Labute approximate surface area is 147 Å². The predicted octanol–water partition coefficient (Wildman–Crippen LogP) is 5.27. The Hall–Kier alpha value is -1.80. The molecule has 0 radical (unpaired) electrons. The lowest BCUT2D eigenvalue weighted by atomic mass is 9.90. The molecular formula is C22H31NO. The molecule has 2 rings (SSSR count). The molecule has 2 heteroatoms. The van der Waals surface area contributed by atoms with Gasteiger partial charge in [0.2, 0.25) is 0 Å². The minimum absolute atomic E-state index is 0.345. The Kier molecular flexibility index (Phi) is 7.33. The third kappa shape index (κ3) is 5.38. The molecule has 0 saturated heterocycles. The third-order valence-electron chi connectivity index (χ3n) is 4.51. The summed E-state index contributed by atoms with van der Waals surface area (Å²) in [4.78, 5) is 0. The van der Waals surface area contributed by atoms with Gasteiger partial charge in [0.1, 0.15) is 5.75 Å². The summed E-state index contributed by atoms with van der Waals surface area (Å²) in [6.45, 7) is 8.06. The van der Waals surface area contributed by atoms with Gasteiger partial charge in [0.15, 0.2) is 0 Å². The Bertz CT molecular complexity index is 604. The summed E-state index contributed by atoms with van der Waals surface area (Å²) in [5, 5.41) is 0. The van der Waals surface area contributed by atoms with Gasteiger partial charge in [-0.1, -0.05) is 63.6 Å². The predicted molar refractivity (Wildman–Crippen MR) is 103 cm³/mol. The maximum absolute atomic E-state index is 6.06. The number of hydrogen-bond donors (Lipinski definition) is 1. The van der Waals surface area contributed by atoms with Gasteiger partial charge in [-0.05, 0) is 54.1 Å². The molecule has 0 saturated carbocycles. The highest BCUT2D eigenvalue weighted by Crippen LogP contribution is 2.24.